The van der Waals surface area contributed by atoms with Crippen LogP contribution in [0.5, 0.6) is 0 Å². The van der Waals surface area contributed by atoms with Crippen molar-refractivity contribution in [1.29, 1.82) is 0 Å². The maximum Gasteiger partial charge on any atom is 0.407 e. The first-order valence-corrected chi connectivity index (χ1v) is 13.3. The first-order chi connectivity index (χ1) is 17.2. The number of hydrogen-bond acceptors (Lipinski definition) is 9. The fraction of sp³-hybridized carbons (Fsp3) is 0.391. The summed E-state index contributed by atoms with van der Waals surface area (Å²) in [6.07, 6.45) is 1.86. The molecule has 0 unspecified atom stereocenters. The number of halogens is 2. The van der Waals surface area contributed by atoms with Crippen LogP contribution >= 0.6 is 11.6 Å². The minimum atomic E-state index is -3.73. The summed E-state index contributed by atoms with van der Waals surface area (Å²) in [4.78, 5) is 24.6. The summed E-state index contributed by atoms with van der Waals surface area (Å²) in [5.41, 5.74) is -0.0453. The number of carbonyl (C=O) groups excluding carboxylic acids is 1. The highest BCUT2D eigenvalue weighted by atomic mass is 35.5. The topological polar surface area (TPSA) is 148 Å². The molecule has 1 aromatic carbocycles. The number of nitrogens with one attached hydrogen (secondary N) is 3. The molecule has 1 atom stereocenters. The number of alkyl carbamates (subject to hydrolysis) is 1. The maximum atomic E-state index is 14.6. The minimum Gasteiger partial charge on any atom is -0.453 e. The molecule has 2 aromatic heterocycles. The summed E-state index contributed by atoms with van der Waals surface area (Å²) in [5, 5.41) is 5.58. The van der Waals surface area contributed by atoms with Gasteiger partial charge in [0.05, 0.1) is 24.1 Å². The van der Waals surface area contributed by atoms with Crippen LogP contribution in [0.15, 0.2) is 28.8 Å². The van der Waals surface area contributed by atoms with Crippen LogP contribution < -0.4 is 15.4 Å². The minimum absolute atomic E-state index is 0.0584. The standard InChI is InChI=1S/C23H28ClFN6O5S/c1-12(28-22(32)35-5)11-27-21-26-8-7-15(29-21)19-18(30-20(36-19)23(2,3)4)14-9-13(25)10-16(17(14)24)31-37(6,33)34/h7-10,12,31H,11H2,1-6H3,(H,28,32)(H,26,27,29)/t12-/m0/s1. The second kappa shape index (κ2) is 10.9. The smallest absolute Gasteiger partial charge is 0.407 e. The predicted molar refractivity (Wildman–Crippen MR) is 139 cm³/mol. The second-order valence-corrected chi connectivity index (χ2v) is 11.4. The molecule has 0 spiro atoms. The number of ether oxygens (including phenoxy) is 1. The average Bonchev–Trinajstić information content (AvgIpc) is 3.25. The number of carbonyl (C=O) groups is 1. The van der Waals surface area contributed by atoms with Gasteiger partial charge in [0.25, 0.3) is 0 Å². The molecule has 3 aromatic rings. The molecular formula is C23H28ClFN6O5S. The second-order valence-electron chi connectivity index (χ2n) is 9.32. The number of aromatic nitrogens is 3. The van der Waals surface area contributed by atoms with Gasteiger partial charge < -0.3 is 19.8 Å². The molecular weight excluding hydrogens is 527 g/mol. The van der Waals surface area contributed by atoms with Crippen molar-refractivity contribution in [3.63, 3.8) is 0 Å². The Balaban J connectivity index is 2.07. The van der Waals surface area contributed by atoms with Gasteiger partial charge in [-0.25, -0.2) is 32.6 Å². The molecule has 0 radical (unpaired) electrons. The van der Waals surface area contributed by atoms with Crippen molar-refractivity contribution in [2.24, 2.45) is 0 Å². The van der Waals surface area contributed by atoms with Crippen LogP contribution in [-0.4, -0.2) is 55.4 Å². The van der Waals surface area contributed by atoms with Gasteiger partial charge in [0.1, 0.15) is 17.2 Å². The average molecular weight is 555 g/mol. The number of benzene rings is 1. The van der Waals surface area contributed by atoms with E-state index in [0.717, 1.165) is 18.4 Å². The number of methoxy groups -OCH3 is 1. The molecule has 11 nitrogen and oxygen atoms in total. The van der Waals surface area contributed by atoms with Crippen molar-refractivity contribution in [2.45, 2.75) is 39.2 Å². The molecule has 0 aliphatic heterocycles. The number of hydrogen-bond donors (Lipinski definition) is 3. The number of rotatable bonds is 8. The molecule has 37 heavy (non-hydrogen) atoms. The Labute approximate surface area is 219 Å². The summed E-state index contributed by atoms with van der Waals surface area (Å²) in [5.74, 6) is 0.0303. The Hall–Kier alpha value is -3.45. The molecule has 1 amide bonds. The zero-order valence-electron chi connectivity index (χ0n) is 21.1. The molecule has 3 rings (SSSR count). The molecule has 14 heteroatoms. The summed E-state index contributed by atoms with van der Waals surface area (Å²) < 4.78 is 51.0. The van der Waals surface area contributed by atoms with Crippen molar-refractivity contribution in [3.8, 4) is 22.7 Å². The summed E-state index contributed by atoms with van der Waals surface area (Å²) in [7, 11) is -2.46. The molecule has 0 bridgehead atoms. The van der Waals surface area contributed by atoms with Crippen molar-refractivity contribution < 1.29 is 26.8 Å². The van der Waals surface area contributed by atoms with E-state index in [4.69, 9.17) is 16.0 Å². The third-order valence-electron chi connectivity index (χ3n) is 4.86. The first-order valence-electron chi connectivity index (χ1n) is 11.1. The number of oxazole rings is 1. The Morgan fingerprint density at radius 2 is 1.97 bits per heavy atom. The van der Waals surface area contributed by atoms with Gasteiger partial charge >= 0.3 is 6.09 Å². The molecule has 0 saturated carbocycles. The lowest BCUT2D eigenvalue weighted by Gasteiger charge is -2.14. The SMILES string of the molecule is COC(=O)N[C@@H](C)CNc1nccc(-c2oc(C(C)(C)C)nc2-c2cc(F)cc(NS(C)(=O)=O)c2Cl)n1. The Kier molecular flexibility index (Phi) is 8.28. The summed E-state index contributed by atoms with van der Waals surface area (Å²) in [6.45, 7) is 7.73. The highest BCUT2D eigenvalue weighted by molar-refractivity contribution is 7.92. The van der Waals surface area contributed by atoms with Crippen LogP contribution in [0.1, 0.15) is 33.6 Å². The molecule has 2 heterocycles. The summed E-state index contributed by atoms with van der Waals surface area (Å²) >= 11 is 6.51. The molecule has 0 fully saturated rings. The first kappa shape index (κ1) is 28.1. The fourth-order valence-corrected chi connectivity index (χ4v) is 4.02. The number of anilines is 2. The van der Waals surface area contributed by atoms with Crippen LogP contribution in [0.4, 0.5) is 20.8 Å². The molecule has 200 valence electrons. The Morgan fingerprint density at radius 1 is 1.27 bits per heavy atom. The van der Waals surface area contributed by atoms with E-state index in [2.05, 4.69) is 35.0 Å². The highest BCUT2D eigenvalue weighted by Gasteiger charge is 2.28. The zero-order chi connectivity index (χ0) is 27.5. The van der Waals surface area contributed by atoms with Crippen LogP contribution in [0, 0.1) is 5.82 Å². The van der Waals surface area contributed by atoms with E-state index in [9.17, 15) is 17.6 Å². The highest BCUT2D eigenvalue weighted by Crippen LogP contribution is 2.41. The van der Waals surface area contributed by atoms with E-state index in [1.54, 1.807) is 13.0 Å². The molecule has 0 saturated heterocycles. The van der Waals surface area contributed by atoms with E-state index in [-0.39, 0.29) is 39.7 Å². The van der Waals surface area contributed by atoms with Crippen LogP contribution in [0.25, 0.3) is 22.7 Å². The van der Waals surface area contributed by atoms with Crippen molar-refractivity contribution in [1.82, 2.24) is 20.3 Å². The third-order valence-corrected chi connectivity index (χ3v) is 5.86. The zero-order valence-corrected chi connectivity index (χ0v) is 22.7. The molecule has 3 N–H and O–H groups in total. The van der Waals surface area contributed by atoms with Crippen LogP contribution in [-0.2, 0) is 20.2 Å². The largest absolute Gasteiger partial charge is 0.453 e. The van der Waals surface area contributed by atoms with Gasteiger partial charge in [-0.15, -0.1) is 0 Å². The number of nitrogens with zero attached hydrogens (tertiary/aromatic N) is 3. The van der Waals surface area contributed by atoms with Gasteiger partial charge in [0, 0.05) is 29.8 Å². The maximum absolute atomic E-state index is 14.6. The van der Waals surface area contributed by atoms with E-state index in [0.29, 0.717) is 18.1 Å². The van der Waals surface area contributed by atoms with E-state index < -0.39 is 27.3 Å². The molecule has 0 aliphatic carbocycles. The monoisotopic (exact) mass is 554 g/mol. The van der Waals surface area contributed by atoms with Crippen molar-refractivity contribution in [2.75, 3.05) is 29.9 Å². The van der Waals surface area contributed by atoms with Crippen LogP contribution in [0.2, 0.25) is 5.02 Å². The van der Waals surface area contributed by atoms with E-state index >= 15 is 0 Å². The Bertz CT molecular complexity index is 1410. The lowest BCUT2D eigenvalue weighted by atomic mass is 9.97. The van der Waals surface area contributed by atoms with E-state index in [1.165, 1.54) is 13.3 Å². The third kappa shape index (κ3) is 7.29. The number of sulfonamides is 1. The summed E-state index contributed by atoms with van der Waals surface area (Å²) in [6, 6.07) is 3.41. The fourth-order valence-electron chi connectivity index (χ4n) is 3.16. The van der Waals surface area contributed by atoms with Gasteiger partial charge in [0.15, 0.2) is 5.76 Å². The lowest BCUT2D eigenvalue weighted by Crippen LogP contribution is -2.37. The van der Waals surface area contributed by atoms with Gasteiger partial charge in [0.2, 0.25) is 21.9 Å². The van der Waals surface area contributed by atoms with Crippen molar-refractivity contribution in [3.05, 3.63) is 41.1 Å². The van der Waals surface area contributed by atoms with Gasteiger partial charge in [-0.1, -0.05) is 32.4 Å². The van der Waals surface area contributed by atoms with Gasteiger partial charge in [-0.05, 0) is 25.1 Å². The van der Waals surface area contributed by atoms with Crippen LogP contribution in [0.3, 0.4) is 0 Å². The van der Waals surface area contributed by atoms with E-state index in [1.807, 2.05) is 20.8 Å². The normalized spacial score (nSPS) is 12.6. The Morgan fingerprint density at radius 3 is 2.59 bits per heavy atom. The quantitative estimate of drug-likeness (QED) is 0.368. The van der Waals surface area contributed by atoms with Crippen molar-refractivity contribution >= 4 is 39.4 Å². The van der Waals surface area contributed by atoms with Gasteiger partial charge in [-0.2, -0.15) is 0 Å². The predicted octanol–water partition coefficient (Wildman–Crippen LogP) is 4.42. The lowest BCUT2D eigenvalue weighted by molar-refractivity contribution is 0.168. The molecule has 0 aliphatic rings. The number of amides is 1. The van der Waals surface area contributed by atoms with Gasteiger partial charge in [-0.3, -0.25) is 4.72 Å².